The fourth-order valence-electron chi connectivity index (χ4n) is 3.44. The van der Waals surface area contributed by atoms with Crippen LogP contribution in [0.5, 0.6) is 0 Å². The van der Waals surface area contributed by atoms with Crippen LogP contribution in [-0.2, 0) is 19.4 Å². The summed E-state index contributed by atoms with van der Waals surface area (Å²) < 4.78 is 13.9. The molecule has 11 heteroatoms. The fraction of sp³-hybridized carbons (Fsp3) is 0.227. The van der Waals surface area contributed by atoms with E-state index in [0.29, 0.717) is 21.9 Å². The Bertz CT molecular complexity index is 1370. The van der Waals surface area contributed by atoms with Gasteiger partial charge < -0.3 is 15.6 Å². The molecular weight excluding hydrogens is 463 g/mol. The van der Waals surface area contributed by atoms with Crippen molar-refractivity contribution in [2.45, 2.75) is 19.4 Å². The van der Waals surface area contributed by atoms with Gasteiger partial charge in [0.1, 0.15) is 17.2 Å². The van der Waals surface area contributed by atoms with Crippen LogP contribution in [0.4, 0.5) is 10.2 Å². The van der Waals surface area contributed by atoms with Gasteiger partial charge >= 0.3 is 0 Å². The van der Waals surface area contributed by atoms with Crippen LogP contribution in [0.1, 0.15) is 16.5 Å². The fourth-order valence-corrected chi connectivity index (χ4v) is 4.59. The first kappa shape index (κ1) is 21.6. The average Bonchev–Trinajstić information content (AvgIpc) is 3.41. The first-order valence-electron chi connectivity index (χ1n) is 10.5. The molecule has 0 radical (unpaired) electrons. The van der Waals surface area contributed by atoms with E-state index >= 15 is 0 Å². The van der Waals surface area contributed by atoms with E-state index in [1.54, 1.807) is 12.3 Å². The van der Waals surface area contributed by atoms with Gasteiger partial charge in [0.05, 0.1) is 28.3 Å². The van der Waals surface area contributed by atoms with Crippen LogP contribution in [0.2, 0.25) is 5.28 Å². The minimum absolute atomic E-state index is 0.116. The van der Waals surface area contributed by atoms with Crippen molar-refractivity contribution in [3.63, 3.8) is 0 Å². The molecule has 4 aromatic heterocycles. The van der Waals surface area contributed by atoms with Crippen LogP contribution in [0.15, 0.2) is 42.6 Å². The first-order valence-corrected chi connectivity index (χ1v) is 11.7. The molecule has 0 amide bonds. The molecule has 0 unspecified atom stereocenters. The second kappa shape index (κ2) is 9.74. The largest absolute Gasteiger partial charge is 0.362 e. The summed E-state index contributed by atoms with van der Waals surface area (Å²) in [5.41, 5.74) is 2.95. The highest BCUT2D eigenvalue weighted by Gasteiger charge is 2.14. The van der Waals surface area contributed by atoms with Crippen molar-refractivity contribution < 1.29 is 4.39 Å². The normalized spacial score (nSPS) is 11.5. The Balaban J connectivity index is 1.18. The van der Waals surface area contributed by atoms with Crippen molar-refractivity contribution in [3.05, 3.63) is 70.2 Å². The number of para-hydroxylation sites is 2. The lowest BCUT2D eigenvalue weighted by Crippen LogP contribution is -2.20. The third-order valence-corrected chi connectivity index (χ3v) is 6.20. The van der Waals surface area contributed by atoms with Crippen molar-refractivity contribution in [1.29, 1.82) is 0 Å². The molecule has 5 rings (SSSR count). The molecule has 5 aromatic rings. The van der Waals surface area contributed by atoms with Gasteiger partial charge in [0, 0.05) is 32.1 Å². The van der Waals surface area contributed by atoms with Gasteiger partial charge in [0.2, 0.25) is 5.28 Å². The van der Waals surface area contributed by atoms with Crippen LogP contribution < -0.4 is 10.6 Å². The number of hydrogen-bond donors (Lipinski definition) is 3. The van der Waals surface area contributed by atoms with E-state index in [1.165, 1.54) is 17.4 Å². The minimum Gasteiger partial charge on any atom is -0.362 e. The maximum absolute atomic E-state index is 13.9. The molecule has 0 aliphatic rings. The van der Waals surface area contributed by atoms with E-state index in [2.05, 4.69) is 40.5 Å². The number of aromatic amines is 1. The molecule has 0 bridgehead atoms. The standard InChI is InChI=1S/C22H20ClFN8S/c23-22-31-20(27-12-16-13(24)4-3-9-26-16)19-21(32-22)33-18(30-19)8-11-25-10-7-17-28-14-5-1-2-6-15(14)29-17/h1-6,9,25H,7-8,10-12H2,(H,28,29)(H,27,31,32). The Morgan fingerprint density at radius 3 is 2.76 bits per heavy atom. The Morgan fingerprint density at radius 1 is 1.00 bits per heavy atom. The Labute approximate surface area is 197 Å². The van der Waals surface area contributed by atoms with Gasteiger partial charge in [-0.1, -0.05) is 23.5 Å². The first-order chi connectivity index (χ1) is 16.2. The average molecular weight is 483 g/mol. The number of fused-ring (bicyclic) bond motifs is 2. The molecule has 0 saturated carbocycles. The number of hydrogen-bond acceptors (Lipinski definition) is 8. The topological polar surface area (TPSA) is 104 Å². The highest BCUT2D eigenvalue weighted by molar-refractivity contribution is 7.18. The SMILES string of the molecule is Fc1cccnc1CNc1nc(Cl)nc2sc(CCNCCc3nc4ccccc4[nH]3)nc12. The molecular formula is C22H20ClFN8S. The van der Waals surface area contributed by atoms with E-state index < -0.39 is 0 Å². The number of nitrogens with one attached hydrogen (secondary N) is 3. The monoisotopic (exact) mass is 482 g/mol. The maximum Gasteiger partial charge on any atom is 0.225 e. The molecule has 33 heavy (non-hydrogen) atoms. The number of nitrogens with zero attached hydrogens (tertiary/aromatic N) is 5. The predicted octanol–water partition coefficient (Wildman–Crippen LogP) is 4.14. The minimum atomic E-state index is -0.380. The Morgan fingerprint density at radius 2 is 1.88 bits per heavy atom. The van der Waals surface area contributed by atoms with Crippen molar-refractivity contribution >= 4 is 50.1 Å². The summed E-state index contributed by atoms with van der Waals surface area (Å²) in [4.78, 5) is 25.9. The van der Waals surface area contributed by atoms with Gasteiger partial charge in [-0.15, -0.1) is 0 Å². The highest BCUT2D eigenvalue weighted by atomic mass is 35.5. The number of rotatable bonds is 9. The zero-order valence-electron chi connectivity index (χ0n) is 17.5. The number of H-pyrrole nitrogens is 1. The quantitative estimate of drug-likeness (QED) is 0.214. The summed E-state index contributed by atoms with van der Waals surface area (Å²) in [5, 5.41) is 7.55. The van der Waals surface area contributed by atoms with Crippen LogP contribution in [0.25, 0.3) is 21.4 Å². The van der Waals surface area contributed by atoms with Gasteiger partial charge in [-0.25, -0.2) is 19.3 Å². The van der Waals surface area contributed by atoms with Gasteiger partial charge in [-0.05, 0) is 35.9 Å². The molecule has 3 N–H and O–H groups in total. The second-order valence-corrected chi connectivity index (χ2v) is 8.74. The van der Waals surface area contributed by atoms with Crippen molar-refractivity contribution in [2.75, 3.05) is 18.4 Å². The van der Waals surface area contributed by atoms with Crippen LogP contribution >= 0.6 is 22.9 Å². The third-order valence-electron chi connectivity index (χ3n) is 5.03. The van der Waals surface area contributed by atoms with Crippen molar-refractivity contribution in [1.82, 2.24) is 35.2 Å². The van der Waals surface area contributed by atoms with Crippen LogP contribution in [-0.4, -0.2) is 43.0 Å². The number of anilines is 1. The number of imidazole rings is 1. The summed E-state index contributed by atoms with van der Waals surface area (Å²) >= 11 is 7.56. The lowest BCUT2D eigenvalue weighted by Gasteiger charge is -2.06. The van der Waals surface area contributed by atoms with Crippen LogP contribution in [0, 0.1) is 5.82 Å². The van der Waals surface area contributed by atoms with E-state index in [9.17, 15) is 4.39 Å². The smallest absolute Gasteiger partial charge is 0.225 e. The second-order valence-electron chi connectivity index (χ2n) is 7.34. The molecule has 0 saturated heterocycles. The highest BCUT2D eigenvalue weighted by Crippen LogP contribution is 2.27. The van der Waals surface area contributed by atoms with E-state index in [0.717, 1.165) is 47.8 Å². The number of aromatic nitrogens is 6. The number of benzene rings is 1. The lowest BCUT2D eigenvalue weighted by molar-refractivity contribution is 0.602. The van der Waals surface area contributed by atoms with E-state index in [1.807, 2.05) is 24.3 Å². The zero-order valence-corrected chi connectivity index (χ0v) is 19.0. The lowest BCUT2D eigenvalue weighted by atomic mass is 10.3. The summed E-state index contributed by atoms with van der Waals surface area (Å²) in [5.74, 6) is 1.05. The summed E-state index contributed by atoms with van der Waals surface area (Å²) in [6.07, 6.45) is 3.10. The molecule has 0 atom stereocenters. The van der Waals surface area contributed by atoms with Crippen molar-refractivity contribution in [3.8, 4) is 0 Å². The number of thiazole rings is 1. The van der Waals surface area contributed by atoms with E-state index in [-0.39, 0.29) is 17.6 Å². The van der Waals surface area contributed by atoms with Crippen LogP contribution in [0.3, 0.4) is 0 Å². The molecule has 0 spiro atoms. The third kappa shape index (κ3) is 5.08. The zero-order chi connectivity index (χ0) is 22.6. The van der Waals surface area contributed by atoms with Crippen molar-refractivity contribution in [2.24, 2.45) is 0 Å². The molecule has 0 fully saturated rings. The molecule has 0 aliphatic carbocycles. The summed E-state index contributed by atoms with van der Waals surface area (Å²) in [6, 6.07) is 10.9. The number of pyridine rings is 1. The number of halogens is 2. The summed E-state index contributed by atoms with van der Waals surface area (Å²) in [6.45, 7) is 1.74. The van der Waals surface area contributed by atoms with Gasteiger partial charge in [0.15, 0.2) is 10.6 Å². The molecule has 1 aromatic carbocycles. The Kier molecular flexibility index (Phi) is 6.38. The molecule has 168 valence electrons. The van der Waals surface area contributed by atoms with E-state index in [4.69, 9.17) is 11.6 Å². The molecule has 8 nitrogen and oxygen atoms in total. The Hall–Kier alpha value is -3.21. The summed E-state index contributed by atoms with van der Waals surface area (Å²) in [7, 11) is 0. The van der Waals surface area contributed by atoms with Gasteiger partial charge in [0.25, 0.3) is 0 Å². The maximum atomic E-state index is 13.9. The molecule has 0 aliphatic heterocycles. The van der Waals surface area contributed by atoms with Gasteiger partial charge in [-0.2, -0.15) is 4.98 Å². The predicted molar refractivity (Wildman–Crippen MR) is 128 cm³/mol. The van der Waals surface area contributed by atoms with Gasteiger partial charge in [-0.3, -0.25) is 4.98 Å². The molecule has 4 heterocycles.